The van der Waals surface area contributed by atoms with Gasteiger partial charge in [-0.05, 0) is 30.5 Å². The van der Waals surface area contributed by atoms with Gasteiger partial charge in [-0.25, -0.2) is 9.97 Å². The maximum atomic E-state index is 9.72. The molecule has 0 aliphatic heterocycles. The molecule has 0 aromatic carbocycles. The fourth-order valence-corrected chi connectivity index (χ4v) is 4.75. The summed E-state index contributed by atoms with van der Waals surface area (Å²) in [5, 5.41) is 18.4. The first-order chi connectivity index (χ1) is 12.7. The van der Waals surface area contributed by atoms with Crippen LogP contribution in [0.4, 0.5) is 5.82 Å². The van der Waals surface area contributed by atoms with Crippen LogP contribution < -0.4 is 5.32 Å². The smallest absolute Gasteiger partial charge is 0.139 e. The van der Waals surface area contributed by atoms with Gasteiger partial charge in [0.05, 0.1) is 11.6 Å². The van der Waals surface area contributed by atoms with Gasteiger partial charge in [-0.2, -0.15) is 0 Å². The van der Waals surface area contributed by atoms with Crippen LogP contribution in [-0.2, 0) is 6.42 Å². The van der Waals surface area contributed by atoms with E-state index in [0.717, 1.165) is 33.2 Å². The summed E-state index contributed by atoms with van der Waals surface area (Å²) >= 11 is 3.35. The summed E-state index contributed by atoms with van der Waals surface area (Å²) in [7, 11) is 0. The molecular weight excluding hydrogens is 366 g/mol. The Morgan fingerprint density at radius 3 is 2.88 bits per heavy atom. The molecule has 4 aromatic heterocycles. The second-order valence-corrected chi connectivity index (χ2v) is 7.95. The molecule has 0 fully saturated rings. The number of anilines is 1. The van der Waals surface area contributed by atoms with Crippen LogP contribution in [-0.4, -0.2) is 28.2 Å². The molecule has 1 atom stereocenters. The third-order valence-electron chi connectivity index (χ3n) is 4.22. The van der Waals surface area contributed by atoms with Crippen LogP contribution in [0.2, 0.25) is 0 Å². The molecular formula is C19H19N3O2S2. The number of hydrogen-bond donors (Lipinski definition) is 2. The molecule has 0 saturated carbocycles. The molecule has 0 bridgehead atoms. The number of thiophene rings is 2. The van der Waals surface area contributed by atoms with E-state index in [-0.39, 0.29) is 12.5 Å². The third-order valence-corrected chi connectivity index (χ3v) is 5.99. The lowest BCUT2D eigenvalue weighted by Gasteiger charge is -2.15. The number of furan rings is 1. The lowest BCUT2D eigenvalue weighted by atomic mass is 10.0. The number of fused-ring (bicyclic) bond motifs is 1. The van der Waals surface area contributed by atoms with Gasteiger partial charge in [0.2, 0.25) is 0 Å². The van der Waals surface area contributed by atoms with Crippen molar-refractivity contribution in [2.75, 3.05) is 18.5 Å². The Bertz CT molecular complexity index is 978. The fraction of sp³-hybridized carbons (Fsp3) is 0.263. The lowest BCUT2D eigenvalue weighted by molar-refractivity contribution is 0.226. The zero-order valence-corrected chi connectivity index (χ0v) is 15.9. The molecule has 5 nitrogen and oxygen atoms in total. The monoisotopic (exact) mass is 385 g/mol. The number of nitrogens with zero attached hydrogens (tertiary/aromatic N) is 2. The molecule has 4 heterocycles. The standard InChI is InChI=1S/C19H19N3O2S2/c1-12-21-18(20-9-13(10-23)8-14-4-2-6-24-14)17-15(11-26-19(17)22-12)16-5-3-7-25-16/h2-7,11,13,23H,8-10H2,1H3,(H,20,21,22). The second kappa shape index (κ2) is 7.57. The van der Waals surface area contributed by atoms with E-state index >= 15 is 0 Å². The summed E-state index contributed by atoms with van der Waals surface area (Å²) in [5.41, 5.74) is 1.16. The highest BCUT2D eigenvalue weighted by Crippen LogP contribution is 2.38. The number of aryl methyl sites for hydroxylation is 1. The third kappa shape index (κ3) is 3.51. The van der Waals surface area contributed by atoms with Gasteiger partial charge in [-0.3, -0.25) is 0 Å². The number of aliphatic hydroxyl groups excluding tert-OH is 1. The van der Waals surface area contributed by atoms with E-state index in [1.165, 1.54) is 4.88 Å². The van der Waals surface area contributed by atoms with Gasteiger partial charge < -0.3 is 14.8 Å². The summed E-state index contributed by atoms with van der Waals surface area (Å²) in [6.45, 7) is 2.60. The van der Waals surface area contributed by atoms with Crippen molar-refractivity contribution >= 4 is 38.7 Å². The van der Waals surface area contributed by atoms with Crippen molar-refractivity contribution in [3.8, 4) is 10.4 Å². The van der Waals surface area contributed by atoms with Crippen molar-refractivity contribution in [2.45, 2.75) is 13.3 Å². The Labute approximate surface area is 159 Å². The average Bonchev–Trinajstić information content (AvgIpc) is 3.38. The van der Waals surface area contributed by atoms with Crippen molar-refractivity contribution in [3.63, 3.8) is 0 Å². The van der Waals surface area contributed by atoms with Gasteiger partial charge in [0.1, 0.15) is 22.2 Å². The Balaban J connectivity index is 1.62. The number of aromatic nitrogens is 2. The van der Waals surface area contributed by atoms with Crippen LogP contribution in [0.5, 0.6) is 0 Å². The fourth-order valence-electron chi connectivity index (χ4n) is 2.95. The minimum Gasteiger partial charge on any atom is -0.469 e. The van der Waals surface area contributed by atoms with E-state index in [0.29, 0.717) is 13.0 Å². The highest BCUT2D eigenvalue weighted by molar-refractivity contribution is 7.18. The van der Waals surface area contributed by atoms with Crippen molar-refractivity contribution in [1.29, 1.82) is 0 Å². The number of hydrogen-bond acceptors (Lipinski definition) is 7. The van der Waals surface area contributed by atoms with Gasteiger partial charge in [0.25, 0.3) is 0 Å². The lowest BCUT2D eigenvalue weighted by Crippen LogP contribution is -2.21. The molecule has 2 N–H and O–H groups in total. The Kier molecular flexibility index (Phi) is 5.01. The molecule has 0 saturated heterocycles. The SMILES string of the molecule is Cc1nc(NCC(CO)Cc2ccco2)c2c(-c3cccs3)csc2n1. The van der Waals surface area contributed by atoms with Crippen molar-refractivity contribution in [1.82, 2.24) is 9.97 Å². The first-order valence-corrected chi connectivity index (χ1v) is 10.2. The quantitative estimate of drug-likeness (QED) is 0.487. The van der Waals surface area contributed by atoms with Crippen molar-refractivity contribution in [3.05, 3.63) is 52.9 Å². The first kappa shape index (κ1) is 17.2. The van der Waals surface area contributed by atoms with E-state index in [2.05, 4.69) is 38.2 Å². The molecule has 134 valence electrons. The Morgan fingerprint density at radius 2 is 2.15 bits per heavy atom. The molecule has 7 heteroatoms. The van der Waals surface area contributed by atoms with Gasteiger partial charge in [-0.15, -0.1) is 22.7 Å². The van der Waals surface area contributed by atoms with E-state index < -0.39 is 0 Å². The predicted molar refractivity (Wildman–Crippen MR) is 107 cm³/mol. The van der Waals surface area contributed by atoms with Gasteiger partial charge in [0.15, 0.2) is 0 Å². The Hall–Kier alpha value is -2.22. The maximum Gasteiger partial charge on any atom is 0.139 e. The largest absolute Gasteiger partial charge is 0.469 e. The highest BCUT2D eigenvalue weighted by atomic mass is 32.1. The summed E-state index contributed by atoms with van der Waals surface area (Å²) in [6.07, 6.45) is 2.35. The molecule has 0 aliphatic rings. The van der Waals surface area contributed by atoms with Crippen molar-refractivity contribution in [2.24, 2.45) is 5.92 Å². The average molecular weight is 386 g/mol. The minimum absolute atomic E-state index is 0.0512. The highest BCUT2D eigenvalue weighted by Gasteiger charge is 2.17. The zero-order chi connectivity index (χ0) is 17.9. The van der Waals surface area contributed by atoms with Gasteiger partial charge in [0, 0.05) is 41.3 Å². The summed E-state index contributed by atoms with van der Waals surface area (Å²) in [6, 6.07) is 7.97. The normalized spacial score (nSPS) is 12.5. The van der Waals surface area contributed by atoms with Crippen LogP contribution >= 0.6 is 22.7 Å². The second-order valence-electron chi connectivity index (χ2n) is 6.14. The van der Waals surface area contributed by atoms with Gasteiger partial charge in [-0.1, -0.05) is 6.07 Å². The summed E-state index contributed by atoms with van der Waals surface area (Å²) in [4.78, 5) is 11.4. The number of nitrogens with one attached hydrogen (secondary N) is 1. The van der Waals surface area contributed by atoms with Crippen LogP contribution in [0.25, 0.3) is 20.7 Å². The topological polar surface area (TPSA) is 71.2 Å². The number of rotatable bonds is 7. The molecule has 0 amide bonds. The van der Waals surface area contributed by atoms with Crippen LogP contribution in [0.1, 0.15) is 11.6 Å². The van der Waals surface area contributed by atoms with E-state index in [1.54, 1.807) is 28.9 Å². The molecule has 4 rings (SSSR count). The molecule has 1 unspecified atom stereocenters. The minimum atomic E-state index is 0.0512. The molecule has 0 spiro atoms. The van der Waals surface area contributed by atoms with E-state index in [9.17, 15) is 5.11 Å². The predicted octanol–water partition coefficient (Wildman–Crippen LogP) is 4.58. The van der Waals surface area contributed by atoms with Crippen molar-refractivity contribution < 1.29 is 9.52 Å². The van der Waals surface area contributed by atoms with Crippen LogP contribution in [0.3, 0.4) is 0 Å². The summed E-state index contributed by atoms with van der Waals surface area (Å²) < 4.78 is 5.40. The first-order valence-electron chi connectivity index (χ1n) is 8.41. The summed E-state index contributed by atoms with van der Waals surface area (Å²) in [5.74, 6) is 2.50. The Morgan fingerprint density at radius 1 is 1.23 bits per heavy atom. The van der Waals surface area contributed by atoms with E-state index in [1.807, 2.05) is 19.1 Å². The maximum absolute atomic E-state index is 9.72. The van der Waals surface area contributed by atoms with Crippen LogP contribution in [0.15, 0.2) is 45.7 Å². The molecule has 26 heavy (non-hydrogen) atoms. The van der Waals surface area contributed by atoms with Crippen LogP contribution in [0, 0.1) is 12.8 Å². The molecule has 4 aromatic rings. The van der Waals surface area contributed by atoms with E-state index in [4.69, 9.17) is 4.42 Å². The molecule has 0 aliphatic carbocycles. The number of aliphatic hydroxyl groups is 1. The van der Waals surface area contributed by atoms with Gasteiger partial charge >= 0.3 is 0 Å². The zero-order valence-electron chi connectivity index (χ0n) is 14.3. The molecule has 0 radical (unpaired) electrons.